The molecule has 19 heteroatoms. The highest BCUT2D eigenvalue weighted by Gasteiger charge is 2.30. The second-order valence-corrected chi connectivity index (χ2v) is 34.8. The Balaban J connectivity index is 5.21. The summed E-state index contributed by atoms with van der Waals surface area (Å²) in [6.07, 6.45) is 69.7. The number of aliphatic hydroxyl groups is 1. The average Bonchev–Trinajstić information content (AvgIpc) is 0.907. The van der Waals surface area contributed by atoms with Crippen molar-refractivity contribution in [3.63, 3.8) is 0 Å². The summed E-state index contributed by atoms with van der Waals surface area (Å²) in [4.78, 5) is 73.2. The molecule has 0 saturated heterocycles. The third-order valence-electron chi connectivity index (χ3n) is 20.2. The van der Waals surface area contributed by atoms with E-state index < -0.39 is 97.5 Å². The molecule has 5 atom stereocenters. The first-order valence-corrected chi connectivity index (χ1v) is 47.5. The lowest BCUT2D eigenvalue weighted by molar-refractivity contribution is -0.161. The van der Waals surface area contributed by atoms with Gasteiger partial charge in [0, 0.05) is 25.7 Å². The number of ether oxygens (including phenoxy) is 4. The number of unbranched alkanes of at least 4 members (excludes halogenated alkanes) is 55. The van der Waals surface area contributed by atoms with Gasteiger partial charge < -0.3 is 33.8 Å². The number of aliphatic hydroxyl groups excluding tert-OH is 1. The van der Waals surface area contributed by atoms with E-state index in [1.807, 2.05) is 0 Å². The molecule has 0 bridgehead atoms. The monoisotopic (exact) mass is 1540 g/mol. The minimum absolute atomic E-state index is 0.108. The van der Waals surface area contributed by atoms with Gasteiger partial charge in [0.15, 0.2) is 12.2 Å². The van der Waals surface area contributed by atoms with Crippen molar-refractivity contribution < 1.29 is 80.2 Å². The molecule has 0 aromatic heterocycles. The normalized spacial score (nSPS) is 13.8. The van der Waals surface area contributed by atoms with E-state index in [0.717, 1.165) is 102 Å². The molecule has 624 valence electrons. The van der Waals surface area contributed by atoms with Crippen LogP contribution < -0.4 is 0 Å². The number of hydrogen-bond acceptors (Lipinski definition) is 15. The molecule has 105 heavy (non-hydrogen) atoms. The highest BCUT2D eigenvalue weighted by molar-refractivity contribution is 7.47. The van der Waals surface area contributed by atoms with Crippen LogP contribution in [0, 0.1) is 11.8 Å². The van der Waals surface area contributed by atoms with Gasteiger partial charge in [-0.3, -0.25) is 37.3 Å². The molecule has 0 aliphatic carbocycles. The zero-order valence-corrected chi connectivity index (χ0v) is 70.8. The summed E-state index contributed by atoms with van der Waals surface area (Å²) >= 11 is 0. The van der Waals surface area contributed by atoms with Gasteiger partial charge in [-0.15, -0.1) is 0 Å². The number of phosphoric ester groups is 2. The van der Waals surface area contributed by atoms with Gasteiger partial charge in [-0.25, -0.2) is 9.13 Å². The van der Waals surface area contributed by atoms with Crippen molar-refractivity contribution in [2.24, 2.45) is 11.8 Å². The average molecular weight is 1540 g/mol. The van der Waals surface area contributed by atoms with Crippen LogP contribution in [0.2, 0.25) is 0 Å². The van der Waals surface area contributed by atoms with Gasteiger partial charge in [-0.05, 0) is 37.5 Å². The topological polar surface area (TPSA) is 237 Å². The molecular formula is C86H168O17P2. The van der Waals surface area contributed by atoms with E-state index in [4.69, 9.17) is 37.0 Å². The van der Waals surface area contributed by atoms with Crippen LogP contribution >= 0.6 is 15.6 Å². The molecule has 3 N–H and O–H groups in total. The standard InChI is InChI=1S/C86H168O17P2/c1-7-9-11-13-15-17-19-21-23-25-27-29-33-37-41-45-49-56-62-68-83(88)96-74-81(102-85(90)70-64-59-51-47-43-39-35-31-30-32-36-40-44-48-54-60-66-78(3)4)76-100-104(92,93)98-72-80(87)73-99-105(94,95)101-77-82(75-97-84(89)69-63-57-53-52-55-61-67-79(5)6)103-86(91)71-65-58-50-46-42-38-34-28-26-24-22-20-18-16-14-12-10-8-2/h78-82,87H,7-77H2,1-6H3,(H,92,93)(H,94,95)/t80-,81-,82-/m1/s1. The van der Waals surface area contributed by atoms with Crippen molar-refractivity contribution in [1.82, 2.24) is 0 Å². The zero-order valence-electron chi connectivity index (χ0n) is 69.0. The first kappa shape index (κ1) is 103. The fourth-order valence-electron chi connectivity index (χ4n) is 13.4. The molecule has 0 aromatic carbocycles. The van der Waals surface area contributed by atoms with Gasteiger partial charge in [0.1, 0.15) is 19.3 Å². The Morgan fingerprint density at radius 2 is 0.438 bits per heavy atom. The molecule has 0 heterocycles. The van der Waals surface area contributed by atoms with E-state index in [1.54, 1.807) is 0 Å². The summed E-state index contributed by atoms with van der Waals surface area (Å²) in [5.74, 6) is -0.616. The van der Waals surface area contributed by atoms with Crippen LogP contribution in [0.25, 0.3) is 0 Å². The van der Waals surface area contributed by atoms with E-state index in [1.165, 1.54) is 270 Å². The highest BCUT2D eigenvalue weighted by atomic mass is 31.2. The van der Waals surface area contributed by atoms with Gasteiger partial charge in [-0.2, -0.15) is 0 Å². The molecular weight excluding hydrogens is 1370 g/mol. The molecule has 0 fully saturated rings. The molecule has 17 nitrogen and oxygen atoms in total. The van der Waals surface area contributed by atoms with Crippen LogP contribution in [-0.2, 0) is 65.4 Å². The zero-order chi connectivity index (χ0) is 77.1. The molecule has 0 aromatic rings. The number of carbonyl (C=O) groups is 4. The third kappa shape index (κ3) is 79.9. The predicted molar refractivity (Wildman–Crippen MR) is 432 cm³/mol. The Labute approximate surface area is 645 Å². The Bertz CT molecular complexity index is 2010. The third-order valence-corrected chi connectivity index (χ3v) is 22.1. The van der Waals surface area contributed by atoms with Gasteiger partial charge in [0.05, 0.1) is 26.4 Å². The van der Waals surface area contributed by atoms with Gasteiger partial charge in [0.2, 0.25) is 0 Å². The number of hydrogen-bond donors (Lipinski definition) is 3. The van der Waals surface area contributed by atoms with Gasteiger partial charge in [-0.1, -0.05) is 408 Å². The van der Waals surface area contributed by atoms with Crippen LogP contribution in [0.1, 0.15) is 459 Å². The first-order valence-electron chi connectivity index (χ1n) is 44.5. The Morgan fingerprint density at radius 3 is 0.648 bits per heavy atom. The van der Waals surface area contributed by atoms with Crippen molar-refractivity contribution in [3.8, 4) is 0 Å². The number of esters is 4. The van der Waals surface area contributed by atoms with Crippen molar-refractivity contribution in [2.75, 3.05) is 39.6 Å². The second-order valence-electron chi connectivity index (χ2n) is 31.9. The maximum absolute atomic E-state index is 13.1. The maximum atomic E-state index is 13.1. The summed E-state index contributed by atoms with van der Waals surface area (Å²) in [5.41, 5.74) is 0. The largest absolute Gasteiger partial charge is 0.472 e. The fourth-order valence-corrected chi connectivity index (χ4v) is 15.0. The maximum Gasteiger partial charge on any atom is 0.472 e. The molecule has 0 radical (unpaired) electrons. The molecule has 0 aliphatic rings. The minimum Gasteiger partial charge on any atom is -0.462 e. The van der Waals surface area contributed by atoms with E-state index in [0.29, 0.717) is 31.6 Å². The predicted octanol–water partition coefficient (Wildman–Crippen LogP) is 26.2. The lowest BCUT2D eigenvalue weighted by Crippen LogP contribution is -2.30. The number of rotatable bonds is 85. The SMILES string of the molecule is CCCCCCCCCCCCCCCCCCCCCC(=O)OC[C@H](COP(=O)(O)OC[C@@H](O)COP(=O)(O)OC[C@@H](COC(=O)CCCCCCCCC(C)C)OC(=O)CCCCCCCCCCCCCCCCCCCC)OC(=O)CCCCCCCCCCCCCCCCCCC(C)C. The summed E-state index contributed by atoms with van der Waals surface area (Å²) in [6.45, 7) is 9.62. The van der Waals surface area contributed by atoms with Crippen LogP contribution in [0.3, 0.4) is 0 Å². The Kier molecular flexibility index (Phi) is 76.0. The molecule has 0 spiro atoms. The van der Waals surface area contributed by atoms with Gasteiger partial charge >= 0.3 is 39.5 Å². The number of carbonyl (C=O) groups excluding carboxylic acids is 4. The quantitative estimate of drug-likeness (QED) is 0.0222. The van der Waals surface area contributed by atoms with Crippen LogP contribution in [0.4, 0.5) is 0 Å². The summed E-state index contributed by atoms with van der Waals surface area (Å²) in [5, 5.41) is 10.7. The van der Waals surface area contributed by atoms with E-state index >= 15 is 0 Å². The van der Waals surface area contributed by atoms with Crippen molar-refractivity contribution in [1.29, 1.82) is 0 Å². The number of phosphoric acid groups is 2. The minimum atomic E-state index is -4.97. The van der Waals surface area contributed by atoms with Crippen LogP contribution in [0.5, 0.6) is 0 Å². The van der Waals surface area contributed by atoms with Crippen molar-refractivity contribution >= 4 is 39.5 Å². The Hall–Kier alpha value is -1.94. The molecule has 0 rings (SSSR count). The van der Waals surface area contributed by atoms with E-state index in [-0.39, 0.29) is 25.7 Å². The second kappa shape index (κ2) is 77.4. The van der Waals surface area contributed by atoms with E-state index in [2.05, 4.69) is 41.5 Å². The van der Waals surface area contributed by atoms with E-state index in [9.17, 15) is 43.2 Å². The first-order chi connectivity index (χ1) is 50.9. The summed E-state index contributed by atoms with van der Waals surface area (Å²) < 4.78 is 68.9. The van der Waals surface area contributed by atoms with Crippen LogP contribution in [-0.4, -0.2) is 96.7 Å². The molecule has 0 aliphatic heterocycles. The summed E-state index contributed by atoms with van der Waals surface area (Å²) in [7, 11) is -9.93. The molecule has 0 saturated carbocycles. The van der Waals surface area contributed by atoms with Crippen molar-refractivity contribution in [3.05, 3.63) is 0 Å². The van der Waals surface area contributed by atoms with Gasteiger partial charge in [0.25, 0.3) is 0 Å². The summed E-state index contributed by atoms with van der Waals surface area (Å²) in [6, 6.07) is 0. The van der Waals surface area contributed by atoms with Crippen LogP contribution in [0.15, 0.2) is 0 Å². The molecule has 0 amide bonds. The lowest BCUT2D eigenvalue weighted by Gasteiger charge is -2.21. The molecule has 2 unspecified atom stereocenters. The van der Waals surface area contributed by atoms with Crippen molar-refractivity contribution in [2.45, 2.75) is 477 Å². The highest BCUT2D eigenvalue weighted by Crippen LogP contribution is 2.45. The smallest absolute Gasteiger partial charge is 0.462 e. The Morgan fingerprint density at radius 1 is 0.257 bits per heavy atom. The lowest BCUT2D eigenvalue weighted by atomic mass is 10.0. The fraction of sp³-hybridized carbons (Fsp3) is 0.953.